The summed E-state index contributed by atoms with van der Waals surface area (Å²) in [7, 11) is 3.13. The normalized spacial score (nSPS) is 20.3. The monoisotopic (exact) mass is 379 g/mol. The van der Waals surface area contributed by atoms with Crippen molar-refractivity contribution < 1.29 is 19.0 Å². The van der Waals surface area contributed by atoms with Crippen molar-refractivity contribution >= 4 is 22.7 Å². The van der Waals surface area contributed by atoms with Crippen molar-refractivity contribution in [2.75, 3.05) is 39.7 Å². The molecule has 1 aromatic carbocycles. The molecule has 2 atom stereocenters. The molecule has 26 heavy (non-hydrogen) atoms. The lowest BCUT2D eigenvalue weighted by atomic mass is 9.80. The topological polar surface area (TPSA) is 80.9 Å². The van der Waals surface area contributed by atoms with Crippen molar-refractivity contribution in [2.45, 2.75) is 24.4 Å². The van der Waals surface area contributed by atoms with Crippen LogP contribution in [0.2, 0.25) is 0 Å². The molecule has 1 aliphatic rings. The maximum absolute atomic E-state index is 12.8. The van der Waals surface area contributed by atoms with Crippen LogP contribution in [0.15, 0.2) is 26.4 Å². The molecular formula is C19H25NO5S. The molecule has 0 radical (unpaired) electrons. The lowest BCUT2D eigenvalue weighted by Crippen LogP contribution is -2.37. The zero-order chi connectivity index (χ0) is 18.7. The van der Waals surface area contributed by atoms with E-state index < -0.39 is 0 Å². The largest absolute Gasteiger partial charge is 0.496 e. The molecule has 2 N–H and O–H groups in total. The summed E-state index contributed by atoms with van der Waals surface area (Å²) in [6.07, 6.45) is 0.831. The summed E-state index contributed by atoms with van der Waals surface area (Å²) in [4.78, 5) is 12.8. The molecule has 1 saturated heterocycles. The number of rotatable bonds is 6. The Labute approximate surface area is 156 Å². The van der Waals surface area contributed by atoms with Crippen LogP contribution in [0.25, 0.3) is 11.0 Å². The maximum atomic E-state index is 12.8. The molecule has 6 nitrogen and oxygen atoms in total. The number of piperidine rings is 1. The van der Waals surface area contributed by atoms with Crippen LogP contribution < -0.4 is 20.2 Å². The first-order chi connectivity index (χ1) is 12.6. The van der Waals surface area contributed by atoms with Crippen molar-refractivity contribution in [1.29, 1.82) is 0 Å². The van der Waals surface area contributed by atoms with Crippen LogP contribution in [0.3, 0.4) is 0 Å². The molecule has 0 unspecified atom stereocenters. The van der Waals surface area contributed by atoms with Gasteiger partial charge in [0.15, 0.2) is 10.5 Å². The van der Waals surface area contributed by atoms with E-state index >= 15 is 0 Å². The quantitative estimate of drug-likeness (QED) is 0.747. The Morgan fingerprint density at radius 2 is 2.08 bits per heavy atom. The minimum Gasteiger partial charge on any atom is -0.496 e. The van der Waals surface area contributed by atoms with Gasteiger partial charge in [-0.2, -0.15) is 0 Å². The van der Waals surface area contributed by atoms with Gasteiger partial charge in [-0.15, -0.1) is 0 Å². The zero-order valence-corrected chi connectivity index (χ0v) is 16.1. The van der Waals surface area contributed by atoms with Crippen molar-refractivity contribution in [2.24, 2.45) is 5.92 Å². The number of benzene rings is 1. The highest BCUT2D eigenvalue weighted by Crippen LogP contribution is 2.44. The van der Waals surface area contributed by atoms with Gasteiger partial charge in [-0.05, 0) is 24.6 Å². The number of methoxy groups -OCH3 is 2. The average Bonchev–Trinajstić information content (AvgIpc) is 2.66. The summed E-state index contributed by atoms with van der Waals surface area (Å²) in [5.41, 5.74) is 1.23. The van der Waals surface area contributed by atoms with E-state index in [1.807, 2.05) is 6.92 Å². The van der Waals surface area contributed by atoms with Gasteiger partial charge in [0.05, 0.1) is 14.2 Å². The average molecular weight is 379 g/mol. The molecule has 2 aromatic rings. The van der Waals surface area contributed by atoms with E-state index in [0.29, 0.717) is 34.1 Å². The van der Waals surface area contributed by atoms with Crippen LogP contribution in [0, 0.1) is 5.92 Å². The third-order valence-electron chi connectivity index (χ3n) is 4.88. The molecule has 0 spiro atoms. The van der Waals surface area contributed by atoms with Gasteiger partial charge < -0.3 is 24.3 Å². The van der Waals surface area contributed by atoms with Gasteiger partial charge in [0.2, 0.25) is 0 Å². The Bertz CT molecular complexity index is 835. The minimum absolute atomic E-state index is 0.0297. The van der Waals surface area contributed by atoms with Crippen LogP contribution in [-0.2, 0) is 0 Å². The molecule has 0 saturated carbocycles. The fourth-order valence-corrected chi connectivity index (χ4v) is 4.28. The van der Waals surface area contributed by atoms with E-state index in [0.717, 1.165) is 24.3 Å². The third kappa shape index (κ3) is 3.43. The maximum Gasteiger partial charge on any atom is 0.197 e. The number of aliphatic hydroxyl groups is 1. The zero-order valence-electron chi connectivity index (χ0n) is 15.3. The van der Waals surface area contributed by atoms with E-state index in [9.17, 15) is 9.90 Å². The van der Waals surface area contributed by atoms with E-state index in [2.05, 4.69) is 5.32 Å². The summed E-state index contributed by atoms with van der Waals surface area (Å²) >= 11 is 1.48. The molecule has 0 aliphatic carbocycles. The fraction of sp³-hybridized carbons (Fsp3) is 0.526. The van der Waals surface area contributed by atoms with Crippen LogP contribution in [0.5, 0.6) is 11.5 Å². The number of thioether (sulfide) groups is 1. The van der Waals surface area contributed by atoms with Crippen molar-refractivity contribution in [1.82, 2.24) is 5.32 Å². The SMILES string of the molecule is CCSc1cc(=O)c2c(OC)cc(OC)c([C@@H]3CCNC[C@@H]3CO)c2o1. The first-order valence-electron chi connectivity index (χ1n) is 8.81. The lowest BCUT2D eigenvalue weighted by molar-refractivity contribution is 0.178. The summed E-state index contributed by atoms with van der Waals surface area (Å²) in [6, 6.07) is 3.26. The number of aliphatic hydroxyl groups excluding tert-OH is 1. The van der Waals surface area contributed by atoms with Crippen LogP contribution in [0.4, 0.5) is 0 Å². The van der Waals surface area contributed by atoms with E-state index in [1.165, 1.54) is 24.9 Å². The van der Waals surface area contributed by atoms with Gasteiger partial charge in [0.25, 0.3) is 0 Å². The van der Waals surface area contributed by atoms with Crippen LogP contribution in [0.1, 0.15) is 24.8 Å². The number of ether oxygens (including phenoxy) is 2. The lowest BCUT2D eigenvalue weighted by Gasteiger charge is -2.32. The summed E-state index contributed by atoms with van der Waals surface area (Å²) < 4.78 is 17.2. The smallest absolute Gasteiger partial charge is 0.197 e. The van der Waals surface area contributed by atoms with Crippen LogP contribution >= 0.6 is 11.8 Å². The molecular weight excluding hydrogens is 354 g/mol. The van der Waals surface area contributed by atoms with Crippen molar-refractivity contribution in [3.05, 3.63) is 27.9 Å². The second-order valence-electron chi connectivity index (χ2n) is 6.30. The Balaban J connectivity index is 2.33. The molecule has 3 rings (SSSR count). The second-order valence-corrected chi connectivity index (χ2v) is 7.57. The van der Waals surface area contributed by atoms with Gasteiger partial charge in [-0.1, -0.05) is 18.7 Å². The van der Waals surface area contributed by atoms with E-state index in [4.69, 9.17) is 13.9 Å². The minimum atomic E-state index is -0.127. The first-order valence-corrected chi connectivity index (χ1v) is 9.80. The van der Waals surface area contributed by atoms with Crippen molar-refractivity contribution in [3.8, 4) is 11.5 Å². The molecule has 1 aromatic heterocycles. The highest BCUT2D eigenvalue weighted by molar-refractivity contribution is 7.99. The van der Waals surface area contributed by atoms with Gasteiger partial charge >= 0.3 is 0 Å². The van der Waals surface area contributed by atoms with Gasteiger partial charge in [-0.25, -0.2) is 0 Å². The van der Waals surface area contributed by atoms with E-state index in [-0.39, 0.29) is 23.9 Å². The van der Waals surface area contributed by atoms with Gasteiger partial charge in [-0.3, -0.25) is 4.79 Å². The molecule has 0 bridgehead atoms. The second kappa shape index (κ2) is 8.33. The summed E-state index contributed by atoms with van der Waals surface area (Å²) in [5.74, 6) is 1.94. The van der Waals surface area contributed by atoms with E-state index in [1.54, 1.807) is 13.2 Å². The predicted octanol–water partition coefficient (Wildman–Crippen LogP) is 2.61. The number of fused-ring (bicyclic) bond motifs is 1. The molecule has 0 amide bonds. The molecule has 142 valence electrons. The Kier molecular flexibility index (Phi) is 6.11. The summed E-state index contributed by atoms with van der Waals surface area (Å²) in [6.45, 7) is 3.62. The highest BCUT2D eigenvalue weighted by Gasteiger charge is 2.32. The highest BCUT2D eigenvalue weighted by atomic mass is 32.2. The Morgan fingerprint density at radius 3 is 2.73 bits per heavy atom. The van der Waals surface area contributed by atoms with Crippen molar-refractivity contribution in [3.63, 3.8) is 0 Å². The Morgan fingerprint density at radius 1 is 1.31 bits per heavy atom. The Hall–Kier alpha value is -1.70. The number of hydrogen-bond donors (Lipinski definition) is 2. The molecule has 2 heterocycles. The van der Waals surface area contributed by atoms with Gasteiger partial charge in [0, 0.05) is 36.8 Å². The first kappa shape index (κ1) is 19.1. The summed E-state index contributed by atoms with van der Waals surface area (Å²) in [5, 5.41) is 14.2. The number of nitrogens with one attached hydrogen (secondary N) is 1. The third-order valence-corrected chi connectivity index (χ3v) is 5.66. The standard InChI is InChI=1S/C19H25NO5S/c1-4-26-16-7-13(22)18-15(24-3)8-14(23-2)17(19(18)25-16)12-5-6-20-9-11(12)10-21/h7-8,11-12,20-21H,4-6,9-10H2,1-3H3/t11-,12-/m1/s1. The molecule has 7 heteroatoms. The molecule has 1 fully saturated rings. The molecule has 1 aliphatic heterocycles. The number of hydrogen-bond acceptors (Lipinski definition) is 7. The van der Waals surface area contributed by atoms with Gasteiger partial charge in [0.1, 0.15) is 22.5 Å². The predicted molar refractivity (Wildman–Crippen MR) is 103 cm³/mol. The fourth-order valence-electron chi connectivity index (χ4n) is 3.67. The van der Waals surface area contributed by atoms with Crippen LogP contribution in [-0.4, -0.2) is 44.8 Å².